The zero-order valence-corrected chi connectivity index (χ0v) is 22.1. The number of pyridine rings is 1. The van der Waals surface area contributed by atoms with Crippen LogP contribution in [-0.4, -0.2) is 18.5 Å². The summed E-state index contributed by atoms with van der Waals surface area (Å²) in [5.74, 6) is 0. The van der Waals surface area contributed by atoms with Crippen LogP contribution >= 0.6 is 0 Å². The summed E-state index contributed by atoms with van der Waals surface area (Å²) >= 11 is 0. The third kappa shape index (κ3) is 7.43. The molecule has 4 nitrogen and oxygen atoms in total. The fourth-order valence-corrected chi connectivity index (χ4v) is 4.24. The summed E-state index contributed by atoms with van der Waals surface area (Å²) in [6.45, 7) is 0.910. The van der Waals surface area contributed by atoms with Gasteiger partial charge in [0, 0.05) is 29.7 Å². The molecule has 1 heterocycles. The van der Waals surface area contributed by atoms with Crippen LogP contribution in [0.25, 0.3) is 33.6 Å². The predicted molar refractivity (Wildman–Crippen MR) is 149 cm³/mol. The Morgan fingerprint density at radius 3 is 1.30 bits per heavy atom. The number of hydrogen-bond acceptors (Lipinski definition) is 3. The van der Waals surface area contributed by atoms with Crippen LogP contribution in [0.3, 0.4) is 0 Å². The van der Waals surface area contributed by atoms with E-state index in [1.165, 1.54) is 39.2 Å². The molecule has 0 spiro atoms. The Bertz CT molecular complexity index is 1570. The summed E-state index contributed by atoms with van der Waals surface area (Å²) in [7, 11) is -6.09. The molecular weight excluding hydrogens is 535 g/mol. The first-order valence-corrected chi connectivity index (χ1v) is 13.8. The lowest BCUT2D eigenvalue weighted by atomic mass is 9.98. The van der Waals surface area contributed by atoms with Crippen molar-refractivity contribution < 1.29 is 30.7 Å². The second kappa shape index (κ2) is 12.7. The molecule has 0 aliphatic carbocycles. The summed E-state index contributed by atoms with van der Waals surface area (Å²) in [4.78, 5) is 0. The highest BCUT2D eigenvalue weighted by Gasteiger charge is 2.37. The van der Waals surface area contributed by atoms with Gasteiger partial charge in [-0.25, -0.2) is 8.42 Å². The number of alkyl halides is 3. The van der Waals surface area contributed by atoms with Crippen LogP contribution in [-0.2, 0) is 23.1 Å². The van der Waals surface area contributed by atoms with Gasteiger partial charge in [0.2, 0.25) is 11.4 Å². The zero-order chi connectivity index (χ0) is 28.6. The molecule has 4 aromatic carbocycles. The van der Waals surface area contributed by atoms with E-state index in [2.05, 4.69) is 138 Å². The second-order valence-electron chi connectivity index (χ2n) is 8.90. The molecule has 1 aromatic heterocycles. The number of benzene rings is 4. The Morgan fingerprint density at radius 1 is 0.575 bits per heavy atom. The van der Waals surface area contributed by atoms with Gasteiger partial charge in [0.1, 0.15) is 0 Å². The maximum absolute atomic E-state index is 10.7. The van der Waals surface area contributed by atoms with E-state index in [9.17, 15) is 13.2 Å². The van der Waals surface area contributed by atoms with Crippen molar-refractivity contribution >= 4 is 10.1 Å². The van der Waals surface area contributed by atoms with Crippen LogP contribution in [0.1, 0.15) is 5.56 Å². The summed E-state index contributed by atoms with van der Waals surface area (Å²) in [5.41, 5.74) is 3.11. The smallest absolute Gasteiger partial charge is 0.485 e. The molecule has 0 unspecified atom stereocenters. The highest BCUT2D eigenvalue weighted by molar-refractivity contribution is 7.86. The molecule has 40 heavy (non-hydrogen) atoms. The molecule has 204 valence electrons. The van der Waals surface area contributed by atoms with E-state index < -0.39 is 15.6 Å². The van der Waals surface area contributed by atoms with Gasteiger partial charge in [-0.05, 0) is 41.0 Å². The van der Waals surface area contributed by atoms with Crippen molar-refractivity contribution in [1.29, 1.82) is 0 Å². The van der Waals surface area contributed by atoms with Gasteiger partial charge >= 0.3 is 5.51 Å². The van der Waals surface area contributed by atoms with Crippen molar-refractivity contribution in [2.45, 2.75) is 18.5 Å². The van der Waals surface area contributed by atoms with Crippen LogP contribution < -0.4 is 4.57 Å². The van der Waals surface area contributed by atoms with E-state index in [4.69, 9.17) is 13.0 Å². The standard InChI is InChI=1S/C31H26N.CHF3O3S/c1-5-13-25(14-6-1)21-22-32-30(27-17-9-3-10-18-27)23-29(26-15-7-2-8-16-26)24-31(32)28-19-11-4-12-20-28;2-1(3,4)8(5,6)7/h1-20,23-24H,21-22H2;(H,5,6,7)/q+1;/p-1. The largest absolute Gasteiger partial charge is 0.741 e. The molecule has 0 amide bonds. The minimum absolute atomic E-state index is 0.910. The van der Waals surface area contributed by atoms with Crippen LogP contribution in [0.2, 0.25) is 0 Å². The van der Waals surface area contributed by atoms with Crippen molar-refractivity contribution in [1.82, 2.24) is 0 Å². The predicted octanol–water partition coefficient (Wildman–Crippen LogP) is 7.27. The Morgan fingerprint density at radius 2 is 0.925 bits per heavy atom. The van der Waals surface area contributed by atoms with Crippen molar-refractivity contribution in [3.63, 3.8) is 0 Å². The Hall–Kier alpha value is -4.27. The first-order chi connectivity index (χ1) is 19.1. The number of aryl methyl sites for hydroxylation is 1. The molecule has 0 saturated heterocycles. The number of nitrogens with zero attached hydrogens (tertiary/aromatic N) is 1. The minimum atomic E-state index is -6.09. The van der Waals surface area contributed by atoms with Gasteiger partial charge in [0.05, 0.1) is 0 Å². The second-order valence-corrected chi connectivity index (χ2v) is 10.3. The summed E-state index contributed by atoms with van der Waals surface area (Å²) < 4.78 is 61.4. The van der Waals surface area contributed by atoms with Crippen LogP contribution in [0.15, 0.2) is 133 Å². The lowest BCUT2D eigenvalue weighted by Crippen LogP contribution is -2.40. The number of aromatic nitrogens is 1. The quantitative estimate of drug-likeness (QED) is 0.124. The number of rotatable bonds is 6. The fraction of sp³-hybridized carbons (Fsp3) is 0.0938. The molecule has 0 saturated carbocycles. The molecule has 0 N–H and O–H groups in total. The monoisotopic (exact) mass is 561 g/mol. The highest BCUT2D eigenvalue weighted by Crippen LogP contribution is 2.29. The molecule has 0 radical (unpaired) electrons. The maximum atomic E-state index is 10.7. The molecule has 0 fully saturated rings. The molecule has 5 aromatic rings. The van der Waals surface area contributed by atoms with Gasteiger partial charge < -0.3 is 4.55 Å². The first kappa shape index (κ1) is 28.7. The normalized spacial score (nSPS) is 11.4. The molecule has 0 atom stereocenters. The van der Waals surface area contributed by atoms with Gasteiger partial charge in [-0.15, -0.1) is 0 Å². The van der Waals surface area contributed by atoms with Gasteiger partial charge in [-0.3, -0.25) is 0 Å². The van der Waals surface area contributed by atoms with Crippen molar-refractivity contribution in [2.24, 2.45) is 0 Å². The van der Waals surface area contributed by atoms with E-state index >= 15 is 0 Å². The molecular formula is C32H26F3NO3S. The Kier molecular flexibility index (Phi) is 9.14. The SMILES string of the molecule is O=S(=O)([O-])C(F)(F)F.c1ccc(CC[n+]2c(-c3ccccc3)cc(-c3ccccc3)cc2-c2ccccc2)cc1. The van der Waals surface area contributed by atoms with E-state index in [0.29, 0.717) is 0 Å². The maximum Gasteiger partial charge on any atom is 0.485 e. The topological polar surface area (TPSA) is 61.1 Å². The number of hydrogen-bond donors (Lipinski definition) is 0. The van der Waals surface area contributed by atoms with Crippen molar-refractivity contribution in [2.75, 3.05) is 0 Å². The summed E-state index contributed by atoms with van der Waals surface area (Å²) in [5, 5.41) is 0. The molecule has 0 aliphatic heterocycles. The zero-order valence-electron chi connectivity index (χ0n) is 21.3. The van der Waals surface area contributed by atoms with E-state index in [0.717, 1.165) is 13.0 Å². The summed E-state index contributed by atoms with van der Waals surface area (Å²) in [6.07, 6.45) is 0.982. The van der Waals surface area contributed by atoms with Gasteiger partial charge in [0.25, 0.3) is 0 Å². The highest BCUT2D eigenvalue weighted by atomic mass is 32.2. The van der Waals surface area contributed by atoms with Crippen molar-refractivity contribution in [3.8, 4) is 33.6 Å². The Balaban J connectivity index is 0.000000406. The lowest BCUT2D eigenvalue weighted by molar-refractivity contribution is -0.674. The van der Waals surface area contributed by atoms with Crippen LogP contribution in [0.4, 0.5) is 13.2 Å². The van der Waals surface area contributed by atoms with Gasteiger partial charge in [-0.2, -0.15) is 17.7 Å². The number of halogens is 3. The molecule has 8 heteroatoms. The van der Waals surface area contributed by atoms with E-state index in [1.807, 2.05) is 0 Å². The molecule has 5 rings (SSSR count). The third-order valence-electron chi connectivity index (χ3n) is 6.16. The van der Waals surface area contributed by atoms with Crippen molar-refractivity contribution in [3.05, 3.63) is 139 Å². The minimum Gasteiger partial charge on any atom is -0.741 e. The molecule has 0 bridgehead atoms. The Labute approximate surface area is 231 Å². The van der Waals surface area contributed by atoms with E-state index in [1.54, 1.807) is 0 Å². The average molecular weight is 562 g/mol. The van der Waals surface area contributed by atoms with Gasteiger partial charge in [-0.1, -0.05) is 97.1 Å². The third-order valence-corrected chi connectivity index (χ3v) is 6.73. The van der Waals surface area contributed by atoms with E-state index in [-0.39, 0.29) is 0 Å². The van der Waals surface area contributed by atoms with Crippen LogP contribution in [0, 0.1) is 0 Å². The van der Waals surface area contributed by atoms with Gasteiger partial charge in [0.15, 0.2) is 16.7 Å². The lowest BCUT2D eigenvalue weighted by Gasteiger charge is -2.13. The first-order valence-electron chi connectivity index (χ1n) is 12.4. The fourth-order valence-electron chi connectivity index (χ4n) is 4.24. The van der Waals surface area contributed by atoms with Crippen LogP contribution in [0.5, 0.6) is 0 Å². The molecule has 0 aliphatic rings. The average Bonchev–Trinajstić information content (AvgIpc) is 2.97. The summed E-state index contributed by atoms with van der Waals surface area (Å²) in [6, 6.07) is 47.5.